The van der Waals surface area contributed by atoms with Crippen molar-refractivity contribution in [2.75, 3.05) is 45.6 Å². The third kappa shape index (κ3) is 12.9. The number of aliphatic hydroxyl groups excluding tert-OH is 1. The lowest BCUT2D eigenvalue weighted by atomic mass is 9.96. The van der Waals surface area contributed by atoms with Crippen molar-refractivity contribution in [2.24, 2.45) is 0 Å². The summed E-state index contributed by atoms with van der Waals surface area (Å²) in [7, 11) is 0. The van der Waals surface area contributed by atoms with Crippen LogP contribution in [0.3, 0.4) is 0 Å². The molecule has 2 aliphatic heterocycles. The molecule has 0 aromatic heterocycles. The third-order valence-corrected chi connectivity index (χ3v) is 8.38. The van der Waals surface area contributed by atoms with Crippen LogP contribution >= 0.6 is 23.5 Å². The molecule has 4 rings (SSSR count). The van der Waals surface area contributed by atoms with E-state index in [9.17, 15) is 23.6 Å². The Balaban J connectivity index is 0.000000349. The quantitative estimate of drug-likeness (QED) is 0.196. The molecular formula is C30H35FN2O9S2. The summed E-state index contributed by atoms with van der Waals surface area (Å²) >= 11 is 3.54. The predicted octanol–water partition coefficient (Wildman–Crippen LogP) is 3.72. The van der Waals surface area contributed by atoms with Crippen LogP contribution in [0.25, 0.3) is 0 Å². The number of hydrogen-bond acceptors (Lipinski definition) is 9. The van der Waals surface area contributed by atoms with E-state index >= 15 is 0 Å². The van der Waals surface area contributed by atoms with Gasteiger partial charge in [-0.3, -0.25) is 4.90 Å². The summed E-state index contributed by atoms with van der Waals surface area (Å²) in [6, 6.07) is 12.2. The first kappa shape index (κ1) is 36.5. The topological polar surface area (TPSA) is 176 Å². The maximum atomic E-state index is 14.0. The molecule has 0 bridgehead atoms. The molecule has 0 radical (unpaired) electrons. The standard InChI is InChI=1S/C22H27FN2OS2.2C4H4O4/c1-27-18-4-6-22-19(15-18)20(14-16-13-17(23)3-5-21(16)28-22)25-10-8-24(9-11-25)7-2-12-26;2*5-3(6)1-2-4(7)8/h3-6,13,15,20,26H,2,7-12,14H2,1H3;2*1-2H,(H,5,6)(H,7,8)/b;2*2-1+. The SMILES string of the molecule is CSc1ccc2c(c1)C(N1CCN(CCCO)CC1)Cc1cc(F)ccc1S2.O=C(O)/C=C/C(=O)O.O=C(O)/C=C/C(=O)O. The number of aliphatic carboxylic acids is 4. The second kappa shape index (κ2) is 18.9. The summed E-state index contributed by atoms with van der Waals surface area (Å²) < 4.78 is 14.0. The number of fused-ring (bicyclic) bond motifs is 2. The summed E-state index contributed by atoms with van der Waals surface area (Å²) in [6.45, 7) is 5.29. The first-order chi connectivity index (χ1) is 20.9. The molecule has 2 aromatic rings. The highest BCUT2D eigenvalue weighted by Crippen LogP contribution is 2.44. The van der Waals surface area contributed by atoms with E-state index in [2.05, 4.69) is 34.3 Å². The number of halogens is 1. The average Bonchev–Trinajstić information content (AvgIpc) is 3.15. The lowest BCUT2D eigenvalue weighted by Crippen LogP contribution is -2.48. The van der Waals surface area contributed by atoms with E-state index in [1.807, 2.05) is 6.07 Å². The molecule has 2 aromatic carbocycles. The van der Waals surface area contributed by atoms with E-state index < -0.39 is 23.9 Å². The number of carboxylic acids is 4. The second-order valence-electron chi connectivity index (χ2n) is 9.45. The molecular weight excluding hydrogens is 615 g/mol. The zero-order chi connectivity index (χ0) is 32.6. The van der Waals surface area contributed by atoms with Crippen molar-refractivity contribution in [3.63, 3.8) is 0 Å². The van der Waals surface area contributed by atoms with Gasteiger partial charge in [-0.15, -0.1) is 11.8 Å². The molecule has 2 heterocycles. The Hall–Kier alpha value is -3.69. The Kier molecular flexibility index (Phi) is 15.6. The number of carboxylic acid groups (broad SMARTS) is 4. The summed E-state index contributed by atoms with van der Waals surface area (Å²) in [5.41, 5.74) is 2.48. The first-order valence-corrected chi connectivity index (χ1v) is 15.5. The van der Waals surface area contributed by atoms with Gasteiger partial charge in [-0.05, 0) is 66.6 Å². The van der Waals surface area contributed by atoms with Gasteiger partial charge < -0.3 is 30.4 Å². The van der Waals surface area contributed by atoms with Crippen molar-refractivity contribution < 1.29 is 49.1 Å². The first-order valence-electron chi connectivity index (χ1n) is 13.4. The highest BCUT2D eigenvalue weighted by atomic mass is 32.2. The van der Waals surface area contributed by atoms with E-state index in [1.54, 1.807) is 35.7 Å². The van der Waals surface area contributed by atoms with Crippen molar-refractivity contribution in [1.29, 1.82) is 0 Å². The fraction of sp³-hybridized carbons (Fsp3) is 0.333. The van der Waals surface area contributed by atoms with Crippen LogP contribution in [0.15, 0.2) is 75.4 Å². The van der Waals surface area contributed by atoms with Gasteiger partial charge in [-0.1, -0.05) is 11.8 Å². The molecule has 11 nitrogen and oxygen atoms in total. The smallest absolute Gasteiger partial charge is 0.328 e. The fourth-order valence-electron chi connectivity index (χ4n) is 4.45. The van der Waals surface area contributed by atoms with Crippen molar-refractivity contribution >= 4 is 47.4 Å². The molecule has 0 amide bonds. The van der Waals surface area contributed by atoms with Crippen LogP contribution in [0.5, 0.6) is 0 Å². The molecule has 1 atom stereocenters. The minimum absolute atomic E-state index is 0.150. The molecule has 14 heteroatoms. The van der Waals surface area contributed by atoms with Gasteiger partial charge in [-0.25, -0.2) is 23.6 Å². The van der Waals surface area contributed by atoms with Gasteiger partial charge in [-0.2, -0.15) is 0 Å². The van der Waals surface area contributed by atoms with Crippen molar-refractivity contribution in [3.8, 4) is 0 Å². The molecule has 44 heavy (non-hydrogen) atoms. The van der Waals surface area contributed by atoms with Crippen LogP contribution in [0, 0.1) is 5.82 Å². The minimum Gasteiger partial charge on any atom is -0.478 e. The van der Waals surface area contributed by atoms with Gasteiger partial charge in [0.2, 0.25) is 0 Å². The Morgan fingerprint density at radius 2 is 1.41 bits per heavy atom. The Bertz CT molecular complexity index is 1300. The van der Waals surface area contributed by atoms with Gasteiger partial charge in [0.1, 0.15) is 5.82 Å². The number of hydrogen-bond donors (Lipinski definition) is 5. The van der Waals surface area contributed by atoms with E-state index in [4.69, 9.17) is 25.5 Å². The summed E-state index contributed by atoms with van der Waals surface area (Å²) in [5.74, 6) is -5.18. The molecule has 2 aliphatic rings. The van der Waals surface area contributed by atoms with E-state index in [1.165, 1.54) is 20.2 Å². The van der Waals surface area contributed by atoms with Crippen LogP contribution in [0.2, 0.25) is 0 Å². The molecule has 1 unspecified atom stereocenters. The van der Waals surface area contributed by atoms with Crippen LogP contribution in [-0.2, 0) is 25.6 Å². The normalized spacial score (nSPS) is 16.5. The Morgan fingerprint density at radius 1 is 0.864 bits per heavy atom. The van der Waals surface area contributed by atoms with Gasteiger partial charge in [0.05, 0.1) is 0 Å². The zero-order valence-electron chi connectivity index (χ0n) is 24.0. The second-order valence-corrected chi connectivity index (χ2v) is 11.4. The van der Waals surface area contributed by atoms with Gasteiger partial charge in [0.25, 0.3) is 0 Å². The average molecular weight is 651 g/mol. The Morgan fingerprint density at radius 3 is 1.91 bits per heavy atom. The Labute approximate surface area is 262 Å². The molecule has 0 saturated carbocycles. The number of aliphatic hydroxyl groups is 1. The number of rotatable bonds is 9. The fourth-order valence-corrected chi connectivity index (χ4v) is 6.00. The number of carbonyl (C=O) groups is 4. The van der Waals surface area contributed by atoms with Crippen LogP contribution in [0.1, 0.15) is 23.6 Å². The third-order valence-electron chi connectivity index (χ3n) is 6.45. The molecule has 1 fully saturated rings. The summed E-state index contributed by atoms with van der Waals surface area (Å²) in [6.07, 6.45) is 6.04. The number of benzene rings is 2. The molecule has 1 saturated heterocycles. The maximum absolute atomic E-state index is 14.0. The largest absolute Gasteiger partial charge is 0.478 e. The van der Waals surface area contributed by atoms with Crippen LogP contribution < -0.4 is 0 Å². The van der Waals surface area contributed by atoms with Crippen molar-refractivity contribution in [3.05, 3.63) is 77.6 Å². The lowest BCUT2D eigenvalue weighted by molar-refractivity contribution is -0.134. The molecule has 238 valence electrons. The highest BCUT2D eigenvalue weighted by molar-refractivity contribution is 7.99. The number of nitrogens with zero attached hydrogens (tertiary/aromatic N) is 2. The predicted molar refractivity (Wildman–Crippen MR) is 164 cm³/mol. The highest BCUT2D eigenvalue weighted by Gasteiger charge is 2.30. The summed E-state index contributed by atoms with van der Waals surface area (Å²) in [4.78, 5) is 47.0. The molecule has 0 spiro atoms. The summed E-state index contributed by atoms with van der Waals surface area (Å²) in [5, 5.41) is 40.3. The van der Waals surface area contributed by atoms with Crippen LogP contribution in [0.4, 0.5) is 4.39 Å². The molecule has 0 aliphatic carbocycles. The lowest BCUT2D eigenvalue weighted by Gasteiger charge is -2.39. The monoisotopic (exact) mass is 650 g/mol. The van der Waals surface area contributed by atoms with Crippen molar-refractivity contribution in [2.45, 2.75) is 33.6 Å². The minimum atomic E-state index is -1.26. The van der Waals surface area contributed by atoms with Crippen molar-refractivity contribution in [1.82, 2.24) is 9.80 Å². The van der Waals surface area contributed by atoms with Gasteiger partial charge >= 0.3 is 23.9 Å². The maximum Gasteiger partial charge on any atom is 0.328 e. The molecule has 5 N–H and O–H groups in total. The van der Waals surface area contributed by atoms with Gasteiger partial charge in [0, 0.05) is 84.4 Å². The van der Waals surface area contributed by atoms with E-state index in [0.717, 1.165) is 51.1 Å². The van der Waals surface area contributed by atoms with E-state index in [0.29, 0.717) is 24.3 Å². The van der Waals surface area contributed by atoms with E-state index in [-0.39, 0.29) is 18.5 Å². The van der Waals surface area contributed by atoms with Gasteiger partial charge in [0.15, 0.2) is 0 Å². The zero-order valence-corrected chi connectivity index (χ0v) is 25.6. The number of thioether (sulfide) groups is 1. The number of piperazine rings is 1. The van der Waals surface area contributed by atoms with Crippen LogP contribution in [-0.4, -0.2) is 105 Å².